The van der Waals surface area contributed by atoms with Crippen molar-refractivity contribution in [2.75, 3.05) is 12.4 Å². The van der Waals surface area contributed by atoms with Crippen LogP contribution < -0.4 is 5.32 Å². The number of ether oxygens (including phenoxy) is 1. The predicted molar refractivity (Wildman–Crippen MR) is 88.1 cm³/mol. The number of hydrogen-bond acceptors (Lipinski definition) is 7. The van der Waals surface area contributed by atoms with E-state index < -0.39 is 18.0 Å². The van der Waals surface area contributed by atoms with Crippen LogP contribution in [0.15, 0.2) is 6.33 Å². The summed E-state index contributed by atoms with van der Waals surface area (Å²) < 4.78 is 4.77. The number of unbranched alkanes of at least 4 members (excludes halogenated alkanes) is 1. The molecule has 8 heteroatoms. The topological polar surface area (TPSA) is 101 Å². The number of anilines is 1. The van der Waals surface area contributed by atoms with Gasteiger partial charge in [0, 0.05) is 0 Å². The first-order chi connectivity index (χ1) is 11.0. The molecule has 124 valence electrons. The van der Waals surface area contributed by atoms with Crippen molar-refractivity contribution < 1.29 is 19.4 Å². The highest BCUT2D eigenvalue weighted by Crippen LogP contribution is 2.34. The molecule has 1 atom stereocenters. The van der Waals surface area contributed by atoms with Gasteiger partial charge in [0.15, 0.2) is 0 Å². The fourth-order valence-electron chi connectivity index (χ4n) is 2.30. The minimum atomic E-state index is -0.925. The van der Waals surface area contributed by atoms with Gasteiger partial charge in [-0.15, -0.1) is 11.3 Å². The molecular formula is C15H19N3O4S. The average Bonchev–Trinajstić information content (AvgIpc) is 2.88. The molecule has 0 bridgehead atoms. The highest BCUT2D eigenvalue weighted by Gasteiger charge is 2.23. The number of carboxylic acids is 1. The maximum absolute atomic E-state index is 11.8. The van der Waals surface area contributed by atoms with Crippen molar-refractivity contribution in [1.82, 2.24) is 9.97 Å². The van der Waals surface area contributed by atoms with Crippen LogP contribution in [0.1, 0.15) is 41.4 Å². The van der Waals surface area contributed by atoms with E-state index in [1.54, 1.807) is 6.92 Å². The number of aliphatic carboxylic acids is 1. The molecule has 0 aliphatic rings. The van der Waals surface area contributed by atoms with E-state index in [-0.39, 0.29) is 0 Å². The van der Waals surface area contributed by atoms with E-state index in [1.165, 1.54) is 24.8 Å². The number of aromatic nitrogens is 2. The molecule has 7 nitrogen and oxygen atoms in total. The molecule has 0 fully saturated rings. The van der Waals surface area contributed by atoms with Crippen molar-refractivity contribution in [2.24, 2.45) is 0 Å². The van der Waals surface area contributed by atoms with Crippen molar-refractivity contribution in [3.8, 4) is 0 Å². The smallest absolute Gasteiger partial charge is 0.348 e. The lowest BCUT2D eigenvalue weighted by Crippen LogP contribution is -2.29. The summed E-state index contributed by atoms with van der Waals surface area (Å²) in [6.45, 7) is 3.79. The summed E-state index contributed by atoms with van der Waals surface area (Å²) in [5, 5.41) is 13.0. The van der Waals surface area contributed by atoms with Crippen molar-refractivity contribution in [1.29, 1.82) is 0 Å². The largest absolute Gasteiger partial charge is 0.480 e. The molecule has 2 rings (SSSR count). The molecule has 0 spiro atoms. The number of nitrogens with zero attached hydrogens (tertiary/aromatic N) is 2. The summed E-state index contributed by atoms with van der Waals surface area (Å²) >= 11 is 1.21. The number of esters is 1. The Balaban J connectivity index is 2.42. The standard InChI is InChI=1S/C15H19N3O4S/c1-4-5-6-9(14(19)20)18-12-10-8(2)11(15(21)22-3)23-13(10)17-7-16-12/h7,9H,4-6H2,1-3H3,(H,19,20)(H,16,17,18). The fraction of sp³-hybridized carbons (Fsp3) is 0.467. The fourth-order valence-corrected chi connectivity index (χ4v) is 3.37. The molecule has 0 amide bonds. The highest BCUT2D eigenvalue weighted by molar-refractivity contribution is 7.20. The molecule has 2 aromatic rings. The van der Waals surface area contributed by atoms with Crippen LogP contribution in [0.3, 0.4) is 0 Å². The van der Waals surface area contributed by atoms with Crippen LogP contribution in [-0.2, 0) is 9.53 Å². The third kappa shape index (κ3) is 3.58. The zero-order valence-electron chi connectivity index (χ0n) is 13.3. The third-order valence-corrected chi connectivity index (χ3v) is 4.73. The molecule has 0 radical (unpaired) electrons. The number of fused-ring (bicyclic) bond motifs is 1. The zero-order valence-corrected chi connectivity index (χ0v) is 14.1. The van der Waals surface area contributed by atoms with Crippen LogP contribution in [0.5, 0.6) is 0 Å². The number of thiophene rings is 1. The lowest BCUT2D eigenvalue weighted by atomic mass is 10.1. The maximum atomic E-state index is 11.8. The Morgan fingerprint density at radius 2 is 2.17 bits per heavy atom. The van der Waals surface area contributed by atoms with Crippen LogP contribution >= 0.6 is 11.3 Å². The second-order valence-corrected chi connectivity index (χ2v) is 6.13. The summed E-state index contributed by atoms with van der Waals surface area (Å²) in [7, 11) is 1.32. The maximum Gasteiger partial charge on any atom is 0.348 e. The van der Waals surface area contributed by atoms with Gasteiger partial charge in [-0.25, -0.2) is 19.6 Å². The van der Waals surface area contributed by atoms with Gasteiger partial charge in [-0.1, -0.05) is 19.8 Å². The lowest BCUT2D eigenvalue weighted by molar-refractivity contribution is -0.138. The number of rotatable bonds is 7. The normalized spacial score (nSPS) is 12.1. The van der Waals surface area contributed by atoms with Crippen LogP contribution in [0, 0.1) is 6.92 Å². The molecule has 2 heterocycles. The number of methoxy groups -OCH3 is 1. The van der Waals surface area contributed by atoms with Crippen LogP contribution in [0.25, 0.3) is 10.2 Å². The van der Waals surface area contributed by atoms with Crippen LogP contribution in [0.4, 0.5) is 5.82 Å². The van der Waals surface area contributed by atoms with Crippen molar-refractivity contribution in [2.45, 2.75) is 39.2 Å². The Morgan fingerprint density at radius 1 is 1.43 bits per heavy atom. The molecule has 2 aromatic heterocycles. The summed E-state index contributed by atoms with van der Waals surface area (Å²) in [6.07, 6.45) is 3.58. The van der Waals surface area contributed by atoms with E-state index in [0.29, 0.717) is 32.9 Å². The summed E-state index contributed by atoms with van der Waals surface area (Å²) in [5.74, 6) is -0.925. The van der Waals surface area contributed by atoms with Gasteiger partial charge in [-0.2, -0.15) is 0 Å². The molecule has 23 heavy (non-hydrogen) atoms. The first-order valence-electron chi connectivity index (χ1n) is 7.31. The number of carbonyl (C=O) groups is 2. The molecule has 0 saturated carbocycles. The van der Waals surface area contributed by atoms with Gasteiger partial charge < -0.3 is 15.2 Å². The predicted octanol–water partition coefficient (Wildman–Crippen LogP) is 2.84. The Hall–Kier alpha value is -2.22. The second kappa shape index (κ2) is 7.36. The monoisotopic (exact) mass is 337 g/mol. The van der Waals surface area contributed by atoms with Crippen LogP contribution in [0.2, 0.25) is 0 Å². The van der Waals surface area contributed by atoms with Gasteiger partial charge in [-0.3, -0.25) is 0 Å². The minimum Gasteiger partial charge on any atom is -0.480 e. The van der Waals surface area contributed by atoms with Gasteiger partial charge in [0.2, 0.25) is 0 Å². The van der Waals surface area contributed by atoms with E-state index in [1.807, 2.05) is 6.92 Å². The number of carbonyl (C=O) groups excluding carboxylic acids is 1. The van der Waals surface area contributed by atoms with E-state index in [4.69, 9.17) is 4.74 Å². The van der Waals surface area contributed by atoms with E-state index >= 15 is 0 Å². The van der Waals surface area contributed by atoms with Gasteiger partial charge in [0.05, 0.1) is 12.5 Å². The van der Waals surface area contributed by atoms with Gasteiger partial charge in [0.25, 0.3) is 0 Å². The van der Waals surface area contributed by atoms with Gasteiger partial charge >= 0.3 is 11.9 Å². The Kier molecular flexibility index (Phi) is 5.49. The van der Waals surface area contributed by atoms with E-state index in [2.05, 4.69) is 15.3 Å². The number of hydrogen-bond donors (Lipinski definition) is 2. The first kappa shape index (κ1) is 17.1. The Bertz CT molecular complexity index is 729. The first-order valence-corrected chi connectivity index (χ1v) is 8.13. The van der Waals surface area contributed by atoms with E-state index in [0.717, 1.165) is 12.8 Å². The van der Waals surface area contributed by atoms with Gasteiger partial charge in [0.1, 0.15) is 27.9 Å². The highest BCUT2D eigenvalue weighted by atomic mass is 32.1. The molecule has 0 aromatic carbocycles. The van der Waals surface area contributed by atoms with Crippen LogP contribution in [-0.4, -0.2) is 40.2 Å². The molecule has 0 aliphatic carbocycles. The van der Waals surface area contributed by atoms with Crippen molar-refractivity contribution in [3.63, 3.8) is 0 Å². The Morgan fingerprint density at radius 3 is 2.78 bits per heavy atom. The zero-order chi connectivity index (χ0) is 17.0. The third-order valence-electron chi connectivity index (χ3n) is 3.55. The molecular weight excluding hydrogens is 318 g/mol. The minimum absolute atomic E-state index is 0.433. The summed E-state index contributed by atoms with van der Waals surface area (Å²) in [4.78, 5) is 32.6. The van der Waals surface area contributed by atoms with Gasteiger partial charge in [-0.05, 0) is 18.9 Å². The molecule has 1 unspecified atom stereocenters. The van der Waals surface area contributed by atoms with E-state index in [9.17, 15) is 14.7 Å². The van der Waals surface area contributed by atoms with Crippen molar-refractivity contribution in [3.05, 3.63) is 16.8 Å². The van der Waals surface area contributed by atoms with Crippen molar-refractivity contribution >= 4 is 39.3 Å². The Labute approximate surface area is 137 Å². The molecule has 2 N–H and O–H groups in total. The summed E-state index contributed by atoms with van der Waals surface area (Å²) in [5.41, 5.74) is 0.694. The number of nitrogens with one attached hydrogen (secondary N) is 1. The molecule has 0 saturated heterocycles. The number of aryl methyl sites for hydroxylation is 1. The lowest BCUT2D eigenvalue weighted by Gasteiger charge is -2.15. The summed E-state index contributed by atoms with van der Waals surface area (Å²) in [6, 6.07) is -0.728. The SMILES string of the molecule is CCCCC(Nc1ncnc2sc(C(=O)OC)c(C)c12)C(=O)O. The molecule has 0 aliphatic heterocycles. The average molecular weight is 337 g/mol. The second-order valence-electron chi connectivity index (χ2n) is 5.13. The quantitative estimate of drug-likeness (QED) is 0.749. The number of carboxylic acid groups (broad SMARTS) is 1.